The molecule has 6 nitrogen and oxygen atoms in total. The van der Waals surface area contributed by atoms with Crippen molar-refractivity contribution in [3.63, 3.8) is 0 Å². The first-order valence-corrected chi connectivity index (χ1v) is 10.4. The first-order chi connectivity index (χ1) is 11.4. The number of carbonyl (C=O) groups excluding carboxylic acids is 1. The maximum Gasteiger partial charge on any atom is 0.241 e. The number of sulfonamides is 1. The van der Waals surface area contributed by atoms with Gasteiger partial charge in [0, 0.05) is 31.4 Å². The Morgan fingerprint density at radius 3 is 2.62 bits per heavy atom. The van der Waals surface area contributed by atoms with Crippen LogP contribution in [0.4, 0.5) is 5.69 Å². The summed E-state index contributed by atoms with van der Waals surface area (Å²) in [4.78, 5) is 16.7. The molecule has 1 saturated heterocycles. The summed E-state index contributed by atoms with van der Waals surface area (Å²) in [5, 5.41) is 0. The van der Waals surface area contributed by atoms with Crippen LogP contribution in [0, 0.1) is 0 Å². The van der Waals surface area contributed by atoms with Gasteiger partial charge in [0.1, 0.15) is 0 Å². The van der Waals surface area contributed by atoms with E-state index in [2.05, 4.69) is 15.7 Å². The van der Waals surface area contributed by atoms with Gasteiger partial charge in [-0.1, -0.05) is 18.2 Å². The number of aryl methyl sites for hydroxylation is 1. The van der Waals surface area contributed by atoms with E-state index in [1.54, 1.807) is 0 Å². The van der Waals surface area contributed by atoms with E-state index in [-0.39, 0.29) is 11.9 Å². The van der Waals surface area contributed by atoms with E-state index in [0.717, 1.165) is 51.0 Å². The van der Waals surface area contributed by atoms with Gasteiger partial charge in [0.05, 0.1) is 12.8 Å². The number of rotatable bonds is 4. The Kier molecular flexibility index (Phi) is 5.22. The Labute approximate surface area is 143 Å². The quantitative estimate of drug-likeness (QED) is 0.878. The van der Waals surface area contributed by atoms with E-state index in [0.29, 0.717) is 6.54 Å². The average Bonchev–Trinajstić information content (AvgIpc) is 2.55. The zero-order chi connectivity index (χ0) is 17.2. The summed E-state index contributed by atoms with van der Waals surface area (Å²) in [6.45, 7) is 2.67. The van der Waals surface area contributed by atoms with Crippen LogP contribution in [-0.4, -0.2) is 57.7 Å². The van der Waals surface area contributed by atoms with E-state index in [1.807, 2.05) is 23.1 Å². The standard InChI is InChI=1S/C17H25N3O3S/c1-24(22,23)18-15-8-11-19(12-9-15)13-17(21)20-10-4-6-14-5-2-3-7-16(14)20/h2-3,5,7,15,18H,4,6,8-13H2,1H3. The van der Waals surface area contributed by atoms with Crippen molar-refractivity contribution in [2.45, 2.75) is 31.7 Å². The molecule has 0 unspecified atom stereocenters. The van der Waals surface area contributed by atoms with Gasteiger partial charge in [-0.3, -0.25) is 9.69 Å². The van der Waals surface area contributed by atoms with Gasteiger partial charge in [0.15, 0.2) is 0 Å². The molecule has 1 amide bonds. The number of fused-ring (bicyclic) bond motifs is 1. The molecule has 24 heavy (non-hydrogen) atoms. The third-order valence-electron chi connectivity index (χ3n) is 4.74. The van der Waals surface area contributed by atoms with Crippen LogP contribution in [0.3, 0.4) is 0 Å². The van der Waals surface area contributed by atoms with E-state index >= 15 is 0 Å². The Morgan fingerprint density at radius 2 is 1.92 bits per heavy atom. The number of nitrogens with one attached hydrogen (secondary N) is 1. The zero-order valence-electron chi connectivity index (χ0n) is 14.1. The van der Waals surface area contributed by atoms with Crippen molar-refractivity contribution in [2.75, 3.05) is 37.3 Å². The Morgan fingerprint density at radius 1 is 1.21 bits per heavy atom. The summed E-state index contributed by atoms with van der Waals surface area (Å²) in [6, 6.07) is 8.10. The van der Waals surface area contributed by atoms with Crippen molar-refractivity contribution in [3.8, 4) is 0 Å². The summed E-state index contributed by atoms with van der Waals surface area (Å²) in [5.74, 6) is 0.136. The number of hydrogen-bond acceptors (Lipinski definition) is 4. The predicted octanol–water partition coefficient (Wildman–Crippen LogP) is 0.979. The SMILES string of the molecule is CS(=O)(=O)NC1CCN(CC(=O)N2CCCc3ccccc32)CC1. The van der Waals surface area contributed by atoms with Crippen LogP contribution in [0.15, 0.2) is 24.3 Å². The second-order valence-corrected chi connectivity index (χ2v) is 8.50. The molecule has 1 N–H and O–H groups in total. The summed E-state index contributed by atoms with van der Waals surface area (Å²) < 4.78 is 25.3. The Balaban J connectivity index is 1.55. The largest absolute Gasteiger partial charge is 0.311 e. The molecule has 132 valence electrons. The van der Waals surface area contributed by atoms with Crippen molar-refractivity contribution in [3.05, 3.63) is 29.8 Å². The minimum absolute atomic E-state index is 0.0120. The number of piperidine rings is 1. The van der Waals surface area contributed by atoms with E-state index in [9.17, 15) is 13.2 Å². The molecule has 0 saturated carbocycles. The van der Waals surface area contributed by atoms with Gasteiger partial charge in [-0.2, -0.15) is 0 Å². The minimum atomic E-state index is -3.16. The number of hydrogen-bond donors (Lipinski definition) is 1. The Hall–Kier alpha value is -1.44. The highest BCUT2D eigenvalue weighted by Gasteiger charge is 2.26. The number of carbonyl (C=O) groups is 1. The molecule has 0 aromatic heterocycles. The number of anilines is 1. The fraction of sp³-hybridized carbons (Fsp3) is 0.588. The highest BCUT2D eigenvalue weighted by Crippen LogP contribution is 2.27. The van der Waals surface area contributed by atoms with Gasteiger partial charge in [-0.25, -0.2) is 13.1 Å². The van der Waals surface area contributed by atoms with E-state index < -0.39 is 10.0 Å². The third-order valence-corrected chi connectivity index (χ3v) is 5.50. The van der Waals surface area contributed by atoms with Crippen LogP contribution >= 0.6 is 0 Å². The average molecular weight is 351 g/mol. The molecule has 2 aliphatic rings. The molecular formula is C17H25N3O3S. The molecule has 0 radical (unpaired) electrons. The van der Waals surface area contributed by atoms with Crippen LogP contribution in [0.1, 0.15) is 24.8 Å². The lowest BCUT2D eigenvalue weighted by molar-refractivity contribution is -0.120. The van der Waals surface area contributed by atoms with Gasteiger partial charge in [-0.15, -0.1) is 0 Å². The van der Waals surface area contributed by atoms with Crippen molar-refractivity contribution in [1.29, 1.82) is 0 Å². The minimum Gasteiger partial charge on any atom is -0.311 e. The van der Waals surface area contributed by atoms with Crippen LogP contribution in [0.2, 0.25) is 0 Å². The summed E-state index contributed by atoms with van der Waals surface area (Å²) >= 11 is 0. The third kappa shape index (κ3) is 4.34. The maximum absolute atomic E-state index is 12.7. The lowest BCUT2D eigenvalue weighted by Gasteiger charge is -2.34. The van der Waals surface area contributed by atoms with Crippen molar-refractivity contribution in [2.24, 2.45) is 0 Å². The van der Waals surface area contributed by atoms with Crippen molar-refractivity contribution in [1.82, 2.24) is 9.62 Å². The molecule has 1 aromatic rings. The number of para-hydroxylation sites is 1. The van der Waals surface area contributed by atoms with Crippen LogP contribution in [0.5, 0.6) is 0 Å². The summed E-state index contributed by atoms with van der Waals surface area (Å²) in [5.41, 5.74) is 2.29. The van der Waals surface area contributed by atoms with Gasteiger partial charge in [0.25, 0.3) is 0 Å². The van der Waals surface area contributed by atoms with Crippen LogP contribution in [-0.2, 0) is 21.2 Å². The smallest absolute Gasteiger partial charge is 0.241 e. The fourth-order valence-corrected chi connectivity index (χ4v) is 4.42. The van der Waals surface area contributed by atoms with Crippen LogP contribution < -0.4 is 9.62 Å². The van der Waals surface area contributed by atoms with Gasteiger partial charge in [0.2, 0.25) is 15.9 Å². The molecular weight excluding hydrogens is 326 g/mol. The second kappa shape index (κ2) is 7.21. The van der Waals surface area contributed by atoms with Gasteiger partial charge in [-0.05, 0) is 37.3 Å². The van der Waals surface area contributed by atoms with Gasteiger partial charge < -0.3 is 4.90 Å². The monoisotopic (exact) mass is 351 g/mol. The summed E-state index contributed by atoms with van der Waals surface area (Å²) in [6.07, 6.45) is 4.72. The molecule has 0 bridgehead atoms. The molecule has 1 aromatic carbocycles. The molecule has 7 heteroatoms. The fourth-order valence-electron chi connectivity index (χ4n) is 3.58. The molecule has 0 aliphatic carbocycles. The lowest BCUT2D eigenvalue weighted by Crippen LogP contribution is -2.48. The van der Waals surface area contributed by atoms with Crippen LogP contribution in [0.25, 0.3) is 0 Å². The Bertz CT molecular complexity index is 697. The number of benzene rings is 1. The molecule has 1 fully saturated rings. The van der Waals surface area contributed by atoms with Crippen molar-refractivity contribution < 1.29 is 13.2 Å². The van der Waals surface area contributed by atoms with E-state index in [1.165, 1.54) is 11.8 Å². The maximum atomic E-state index is 12.7. The topological polar surface area (TPSA) is 69.7 Å². The lowest BCUT2D eigenvalue weighted by atomic mass is 10.0. The molecule has 2 aliphatic heterocycles. The van der Waals surface area contributed by atoms with Crippen molar-refractivity contribution >= 4 is 21.6 Å². The number of likely N-dealkylation sites (tertiary alicyclic amines) is 1. The van der Waals surface area contributed by atoms with E-state index in [4.69, 9.17) is 0 Å². The number of nitrogens with zero attached hydrogens (tertiary/aromatic N) is 2. The summed E-state index contributed by atoms with van der Waals surface area (Å²) in [7, 11) is -3.16. The first kappa shape index (κ1) is 17.4. The first-order valence-electron chi connectivity index (χ1n) is 8.50. The molecule has 0 spiro atoms. The number of amides is 1. The highest BCUT2D eigenvalue weighted by molar-refractivity contribution is 7.88. The molecule has 3 rings (SSSR count). The molecule has 2 heterocycles. The molecule has 0 atom stereocenters. The highest BCUT2D eigenvalue weighted by atomic mass is 32.2. The zero-order valence-corrected chi connectivity index (χ0v) is 14.9. The predicted molar refractivity (Wildman–Crippen MR) is 94.6 cm³/mol. The van der Waals surface area contributed by atoms with Gasteiger partial charge >= 0.3 is 0 Å². The normalized spacial score (nSPS) is 20.0. The second-order valence-electron chi connectivity index (χ2n) is 6.72.